The number of methoxy groups -OCH3 is 1. The predicted octanol–water partition coefficient (Wildman–Crippen LogP) is 4.62. The van der Waals surface area contributed by atoms with Gasteiger partial charge in [0.15, 0.2) is 16.7 Å². The first-order chi connectivity index (χ1) is 13.0. The van der Waals surface area contributed by atoms with Crippen LogP contribution in [0.2, 0.25) is 0 Å². The summed E-state index contributed by atoms with van der Waals surface area (Å²) in [6.07, 6.45) is 1.93. The quantitative estimate of drug-likeness (QED) is 0.586. The molecule has 0 aliphatic carbocycles. The summed E-state index contributed by atoms with van der Waals surface area (Å²) in [6.45, 7) is 6.38. The topological polar surface area (TPSA) is 60.4 Å². The standard InChI is InChI=1S/C19H21BrN2O4S/c1-5-25-15-10-13(20)12(9-14(15)24-4)17-16(18(23)26-6-2)11(3)21-19-22(17)7-8-27-19/h7-10,17H,5-6H2,1-4H3/t17-/m0/s1. The number of ether oxygens (including phenoxy) is 3. The van der Waals surface area contributed by atoms with E-state index in [4.69, 9.17) is 14.2 Å². The summed E-state index contributed by atoms with van der Waals surface area (Å²) in [5.74, 6) is 0.883. The molecule has 27 heavy (non-hydrogen) atoms. The zero-order chi connectivity index (χ0) is 19.6. The highest BCUT2D eigenvalue weighted by atomic mass is 79.9. The highest BCUT2D eigenvalue weighted by Gasteiger charge is 2.38. The average Bonchev–Trinajstić information content (AvgIpc) is 3.09. The van der Waals surface area contributed by atoms with Gasteiger partial charge in [0.1, 0.15) is 0 Å². The number of esters is 1. The molecule has 0 spiro atoms. The molecule has 0 bridgehead atoms. The van der Waals surface area contributed by atoms with Gasteiger partial charge in [-0.3, -0.25) is 0 Å². The number of aliphatic imine (C=N–C) groups is 1. The smallest absolute Gasteiger partial charge is 0.338 e. The second-order valence-corrected chi connectivity index (χ2v) is 7.51. The molecule has 0 saturated heterocycles. The SMILES string of the molecule is CCOC(=O)C1=C(C)N=C2SC=CN2[C@H]1c1cc(OC)c(OCC)cc1Br. The fourth-order valence-corrected chi connectivity index (χ4v) is 4.39. The number of carbonyl (C=O) groups is 1. The van der Waals surface area contributed by atoms with Crippen molar-refractivity contribution in [2.75, 3.05) is 20.3 Å². The van der Waals surface area contributed by atoms with Gasteiger partial charge in [-0.25, -0.2) is 9.79 Å². The molecule has 0 aromatic heterocycles. The van der Waals surface area contributed by atoms with Crippen molar-refractivity contribution in [2.24, 2.45) is 4.99 Å². The van der Waals surface area contributed by atoms with Gasteiger partial charge in [-0.2, -0.15) is 0 Å². The molecule has 0 N–H and O–H groups in total. The van der Waals surface area contributed by atoms with Gasteiger partial charge in [-0.05, 0) is 43.9 Å². The van der Waals surface area contributed by atoms with Crippen LogP contribution in [-0.2, 0) is 9.53 Å². The van der Waals surface area contributed by atoms with E-state index in [-0.39, 0.29) is 12.0 Å². The predicted molar refractivity (Wildman–Crippen MR) is 110 cm³/mol. The minimum Gasteiger partial charge on any atom is -0.493 e. The Morgan fingerprint density at radius 2 is 2.07 bits per heavy atom. The van der Waals surface area contributed by atoms with Crippen molar-refractivity contribution in [3.05, 3.63) is 45.0 Å². The van der Waals surface area contributed by atoms with E-state index < -0.39 is 0 Å². The lowest BCUT2D eigenvalue weighted by Gasteiger charge is -2.34. The van der Waals surface area contributed by atoms with Crippen LogP contribution in [-0.4, -0.2) is 36.4 Å². The molecular formula is C19H21BrN2O4S. The maximum Gasteiger partial charge on any atom is 0.338 e. The Hall–Kier alpha value is -1.93. The molecule has 0 saturated carbocycles. The highest BCUT2D eigenvalue weighted by Crippen LogP contribution is 2.46. The molecule has 0 amide bonds. The van der Waals surface area contributed by atoms with Gasteiger partial charge in [0.25, 0.3) is 0 Å². The second kappa shape index (κ2) is 8.39. The summed E-state index contributed by atoms with van der Waals surface area (Å²) in [5, 5.41) is 2.78. The Morgan fingerprint density at radius 3 is 2.74 bits per heavy atom. The number of rotatable bonds is 6. The fourth-order valence-electron chi connectivity index (χ4n) is 3.06. The third-order valence-electron chi connectivity index (χ3n) is 4.19. The number of allylic oxidation sites excluding steroid dienone is 1. The Kier molecular flexibility index (Phi) is 6.16. The van der Waals surface area contributed by atoms with Crippen LogP contribution >= 0.6 is 27.7 Å². The monoisotopic (exact) mass is 452 g/mol. The summed E-state index contributed by atoms with van der Waals surface area (Å²) in [4.78, 5) is 19.3. The molecule has 0 radical (unpaired) electrons. The molecule has 2 aliphatic rings. The number of halogens is 1. The molecule has 144 valence electrons. The zero-order valence-corrected chi connectivity index (χ0v) is 18.0. The molecule has 8 heteroatoms. The van der Waals surface area contributed by atoms with E-state index in [1.54, 1.807) is 14.0 Å². The number of hydrogen-bond donors (Lipinski definition) is 0. The summed E-state index contributed by atoms with van der Waals surface area (Å²) < 4.78 is 17.3. The number of benzene rings is 1. The van der Waals surface area contributed by atoms with Crippen molar-refractivity contribution in [1.29, 1.82) is 0 Å². The Bertz CT molecular complexity index is 850. The van der Waals surface area contributed by atoms with Gasteiger partial charge >= 0.3 is 5.97 Å². The van der Waals surface area contributed by atoms with Crippen molar-refractivity contribution >= 4 is 38.8 Å². The van der Waals surface area contributed by atoms with E-state index in [0.717, 1.165) is 15.2 Å². The minimum atomic E-state index is -0.373. The van der Waals surface area contributed by atoms with Crippen LogP contribution in [0.4, 0.5) is 0 Å². The molecule has 0 unspecified atom stereocenters. The van der Waals surface area contributed by atoms with E-state index in [0.29, 0.717) is 36.0 Å². The lowest BCUT2D eigenvalue weighted by Crippen LogP contribution is -2.34. The van der Waals surface area contributed by atoms with Gasteiger partial charge in [0.05, 0.1) is 37.6 Å². The van der Waals surface area contributed by atoms with Gasteiger partial charge in [0, 0.05) is 10.7 Å². The first kappa shape index (κ1) is 19.8. The first-order valence-corrected chi connectivity index (χ1v) is 10.3. The van der Waals surface area contributed by atoms with Crippen LogP contribution in [0.15, 0.2) is 44.5 Å². The summed E-state index contributed by atoms with van der Waals surface area (Å²) >= 11 is 5.16. The van der Waals surface area contributed by atoms with Gasteiger partial charge in [-0.15, -0.1) is 0 Å². The zero-order valence-electron chi connectivity index (χ0n) is 15.6. The van der Waals surface area contributed by atoms with Crippen LogP contribution < -0.4 is 9.47 Å². The summed E-state index contributed by atoms with van der Waals surface area (Å²) in [5.41, 5.74) is 2.04. The average molecular weight is 453 g/mol. The maximum atomic E-state index is 12.7. The normalized spacial score (nSPS) is 18.3. The number of nitrogens with zero attached hydrogens (tertiary/aromatic N) is 2. The number of hydrogen-bond acceptors (Lipinski definition) is 7. The fraction of sp³-hybridized carbons (Fsp3) is 0.368. The van der Waals surface area contributed by atoms with Crippen molar-refractivity contribution < 1.29 is 19.0 Å². The number of thioether (sulfide) groups is 1. The molecule has 1 aromatic carbocycles. The van der Waals surface area contributed by atoms with Crippen molar-refractivity contribution in [3.63, 3.8) is 0 Å². The Morgan fingerprint density at radius 1 is 1.30 bits per heavy atom. The molecule has 0 fully saturated rings. The van der Waals surface area contributed by atoms with Crippen LogP contribution in [0.1, 0.15) is 32.4 Å². The molecular weight excluding hydrogens is 432 g/mol. The van der Waals surface area contributed by atoms with Crippen LogP contribution in [0, 0.1) is 0 Å². The van der Waals surface area contributed by atoms with Crippen LogP contribution in [0.3, 0.4) is 0 Å². The molecule has 3 rings (SSSR count). The van der Waals surface area contributed by atoms with Crippen LogP contribution in [0.25, 0.3) is 0 Å². The van der Waals surface area contributed by atoms with E-state index in [1.165, 1.54) is 11.8 Å². The molecule has 6 nitrogen and oxygen atoms in total. The highest BCUT2D eigenvalue weighted by molar-refractivity contribution is 9.10. The molecule has 1 atom stereocenters. The van der Waals surface area contributed by atoms with Crippen molar-refractivity contribution in [1.82, 2.24) is 4.90 Å². The molecule has 2 aliphatic heterocycles. The first-order valence-electron chi connectivity index (χ1n) is 8.60. The summed E-state index contributed by atoms with van der Waals surface area (Å²) in [6, 6.07) is 3.39. The van der Waals surface area contributed by atoms with Gasteiger partial charge in [0.2, 0.25) is 0 Å². The minimum absolute atomic E-state index is 0.303. The second-order valence-electron chi connectivity index (χ2n) is 5.78. The van der Waals surface area contributed by atoms with Crippen LogP contribution in [0.5, 0.6) is 11.5 Å². The van der Waals surface area contributed by atoms with Crippen molar-refractivity contribution in [3.8, 4) is 11.5 Å². The largest absolute Gasteiger partial charge is 0.493 e. The van der Waals surface area contributed by atoms with Gasteiger partial charge in [-0.1, -0.05) is 27.7 Å². The third kappa shape index (κ3) is 3.73. The van der Waals surface area contributed by atoms with E-state index in [1.807, 2.05) is 42.5 Å². The number of carbonyl (C=O) groups excluding carboxylic acids is 1. The lowest BCUT2D eigenvalue weighted by molar-refractivity contribution is -0.139. The van der Waals surface area contributed by atoms with E-state index in [2.05, 4.69) is 20.9 Å². The Balaban J connectivity index is 2.15. The molecule has 1 aromatic rings. The number of fused-ring (bicyclic) bond motifs is 1. The third-order valence-corrected chi connectivity index (χ3v) is 5.65. The van der Waals surface area contributed by atoms with Gasteiger partial charge < -0.3 is 19.1 Å². The molecule has 2 heterocycles. The van der Waals surface area contributed by atoms with Crippen molar-refractivity contribution in [2.45, 2.75) is 26.8 Å². The lowest BCUT2D eigenvalue weighted by atomic mass is 9.94. The Labute approximate surface area is 171 Å². The van der Waals surface area contributed by atoms with E-state index in [9.17, 15) is 4.79 Å². The maximum absolute atomic E-state index is 12.7. The number of amidine groups is 1. The van der Waals surface area contributed by atoms with E-state index >= 15 is 0 Å². The summed E-state index contributed by atoms with van der Waals surface area (Å²) in [7, 11) is 1.60.